The minimum Gasteiger partial charge on any atom is -0.377 e. The van der Waals surface area contributed by atoms with Crippen LogP contribution in [0.2, 0.25) is 6.04 Å². The quantitative estimate of drug-likeness (QED) is 0.0909. The topological polar surface area (TPSA) is 51.8 Å². The third kappa shape index (κ3) is 22.2. The molecule has 0 amide bonds. The summed E-state index contributed by atoms with van der Waals surface area (Å²) in [5.74, 6) is 0. The first-order valence-electron chi connectivity index (χ1n) is 14.3. The maximum Gasteiger partial charge on any atom is 0.500 e. The van der Waals surface area contributed by atoms with Crippen molar-refractivity contribution in [3.05, 3.63) is 0 Å². The molecule has 0 aliphatic rings. The van der Waals surface area contributed by atoms with Gasteiger partial charge in [-0.05, 0) is 45.4 Å². The molecule has 6 heteroatoms. The molecule has 0 saturated heterocycles. The van der Waals surface area contributed by atoms with Gasteiger partial charge >= 0.3 is 8.80 Å². The van der Waals surface area contributed by atoms with Gasteiger partial charge in [0.05, 0.1) is 0 Å². The van der Waals surface area contributed by atoms with Crippen LogP contribution in [0.5, 0.6) is 0 Å². The zero-order valence-electron chi connectivity index (χ0n) is 23.0. The lowest BCUT2D eigenvalue weighted by atomic mass is 10.0. The molecular weight excluding hydrogens is 428 g/mol. The normalized spacial score (nSPS) is 12.0. The molecule has 0 aromatic heterocycles. The highest BCUT2D eigenvalue weighted by atomic mass is 28.4. The predicted octanol–water partition coefficient (Wildman–Crippen LogP) is 7.09. The van der Waals surface area contributed by atoms with Crippen LogP contribution in [-0.2, 0) is 13.3 Å². The Hall–Kier alpha value is 0.0169. The van der Waals surface area contributed by atoms with Crippen LogP contribution >= 0.6 is 0 Å². The highest BCUT2D eigenvalue weighted by Crippen LogP contribution is 2.15. The minimum absolute atomic E-state index is 0.862. The summed E-state index contributed by atoms with van der Waals surface area (Å²) in [5.41, 5.74) is 0. The van der Waals surface area contributed by atoms with Gasteiger partial charge in [0.1, 0.15) is 0 Å². The van der Waals surface area contributed by atoms with Gasteiger partial charge in [0.15, 0.2) is 0 Å². The Morgan fingerprint density at radius 2 is 0.758 bits per heavy atom. The average molecular weight is 489 g/mol. The van der Waals surface area contributed by atoms with Crippen molar-refractivity contribution in [1.29, 1.82) is 0 Å². The Bertz CT molecular complexity index is 363. The van der Waals surface area contributed by atoms with Gasteiger partial charge in [-0.1, -0.05) is 103 Å². The molecule has 0 aromatic rings. The van der Waals surface area contributed by atoms with E-state index >= 15 is 0 Å². The average Bonchev–Trinajstić information content (AvgIpc) is 2.84. The van der Waals surface area contributed by atoms with Crippen molar-refractivity contribution in [2.45, 2.75) is 129 Å². The van der Waals surface area contributed by atoms with E-state index in [1.54, 1.807) is 21.3 Å². The van der Waals surface area contributed by atoms with E-state index < -0.39 is 8.80 Å². The first-order chi connectivity index (χ1) is 16.2. The Balaban J connectivity index is 3.15. The maximum absolute atomic E-state index is 5.45. The van der Waals surface area contributed by atoms with E-state index in [0.717, 1.165) is 32.1 Å². The van der Waals surface area contributed by atoms with Gasteiger partial charge in [0.25, 0.3) is 0 Å². The molecule has 0 rings (SSSR count). The molecule has 0 unspecified atom stereocenters. The lowest BCUT2D eigenvalue weighted by Crippen LogP contribution is -2.43. The van der Waals surface area contributed by atoms with Crippen molar-refractivity contribution in [2.75, 3.05) is 47.5 Å². The van der Waals surface area contributed by atoms with Crippen LogP contribution in [-0.4, -0.2) is 56.3 Å². The fourth-order valence-corrected chi connectivity index (χ4v) is 6.09. The summed E-state index contributed by atoms with van der Waals surface area (Å²) in [6.45, 7) is 6.63. The molecule has 0 saturated carbocycles. The Morgan fingerprint density at radius 1 is 0.424 bits per heavy atom. The summed E-state index contributed by atoms with van der Waals surface area (Å²) in [6, 6.07) is 0.862. The van der Waals surface area contributed by atoms with Crippen molar-refractivity contribution in [3.63, 3.8) is 0 Å². The van der Waals surface area contributed by atoms with E-state index in [1.807, 2.05) is 0 Å². The Labute approximate surface area is 208 Å². The van der Waals surface area contributed by atoms with Crippen molar-refractivity contribution in [3.8, 4) is 0 Å². The van der Waals surface area contributed by atoms with E-state index in [0.29, 0.717) is 0 Å². The lowest BCUT2D eigenvalue weighted by molar-refractivity contribution is 0.123. The Morgan fingerprint density at radius 3 is 1.15 bits per heavy atom. The third-order valence-electron chi connectivity index (χ3n) is 6.68. The molecule has 2 N–H and O–H groups in total. The summed E-state index contributed by atoms with van der Waals surface area (Å²) in [6.07, 6.45) is 25.1. The van der Waals surface area contributed by atoms with Gasteiger partial charge < -0.3 is 23.9 Å². The zero-order chi connectivity index (χ0) is 24.3. The molecule has 0 spiro atoms. The van der Waals surface area contributed by atoms with E-state index in [2.05, 4.69) is 17.6 Å². The zero-order valence-corrected chi connectivity index (χ0v) is 24.0. The summed E-state index contributed by atoms with van der Waals surface area (Å²) >= 11 is 0. The number of unbranched alkanes of at least 4 members (excludes halogenated alkanes) is 15. The van der Waals surface area contributed by atoms with Crippen LogP contribution in [0.15, 0.2) is 0 Å². The summed E-state index contributed by atoms with van der Waals surface area (Å²) < 4.78 is 16.3. The van der Waals surface area contributed by atoms with Crippen LogP contribution in [0.3, 0.4) is 0 Å². The molecule has 0 aromatic carbocycles. The van der Waals surface area contributed by atoms with Crippen LogP contribution in [0, 0.1) is 0 Å². The van der Waals surface area contributed by atoms with Crippen LogP contribution in [0.1, 0.15) is 122 Å². The fraction of sp³-hybridized carbons (Fsp3) is 1.00. The van der Waals surface area contributed by atoms with Crippen molar-refractivity contribution < 1.29 is 13.3 Å². The molecule has 0 aliphatic heterocycles. The van der Waals surface area contributed by atoms with Gasteiger partial charge in [-0.2, -0.15) is 0 Å². The monoisotopic (exact) mass is 488 g/mol. The molecule has 0 fully saturated rings. The first-order valence-corrected chi connectivity index (χ1v) is 16.2. The number of hydrogen-bond donors (Lipinski definition) is 2. The van der Waals surface area contributed by atoms with E-state index in [1.165, 1.54) is 116 Å². The molecule has 0 bridgehead atoms. The van der Waals surface area contributed by atoms with Gasteiger partial charge in [-0.15, -0.1) is 0 Å². The largest absolute Gasteiger partial charge is 0.500 e. The third-order valence-corrected chi connectivity index (χ3v) is 9.52. The number of nitrogens with one attached hydrogen (secondary N) is 2. The summed E-state index contributed by atoms with van der Waals surface area (Å²) in [7, 11) is 2.65. The second kappa shape index (κ2) is 26.6. The number of rotatable bonds is 28. The van der Waals surface area contributed by atoms with Gasteiger partial charge in [-0.25, -0.2) is 0 Å². The smallest absolute Gasteiger partial charge is 0.377 e. The summed E-state index contributed by atoms with van der Waals surface area (Å²) in [5, 5.41) is 7.09. The second-order valence-electron chi connectivity index (χ2n) is 9.56. The van der Waals surface area contributed by atoms with Crippen molar-refractivity contribution in [2.24, 2.45) is 0 Å². The van der Waals surface area contributed by atoms with Crippen LogP contribution in [0.4, 0.5) is 0 Å². The highest BCUT2D eigenvalue weighted by Gasteiger charge is 2.36. The highest BCUT2D eigenvalue weighted by molar-refractivity contribution is 6.60. The Kier molecular flexibility index (Phi) is 26.6. The maximum atomic E-state index is 5.45. The van der Waals surface area contributed by atoms with Gasteiger partial charge in [0.2, 0.25) is 0 Å². The molecule has 0 aliphatic carbocycles. The molecule has 200 valence electrons. The van der Waals surface area contributed by atoms with Crippen molar-refractivity contribution in [1.82, 2.24) is 10.6 Å². The molecule has 0 atom stereocenters. The van der Waals surface area contributed by atoms with Gasteiger partial charge in [-0.3, -0.25) is 0 Å². The van der Waals surface area contributed by atoms with Crippen LogP contribution in [0.25, 0.3) is 0 Å². The second-order valence-corrected chi connectivity index (χ2v) is 12.6. The SMILES string of the molecule is CCCCCCCCCCCCCCCCCCNCCCNCCC[Si](OC)(OC)OC. The van der Waals surface area contributed by atoms with E-state index in [9.17, 15) is 0 Å². The first kappa shape index (κ1) is 33.0. The van der Waals surface area contributed by atoms with Gasteiger partial charge in [0, 0.05) is 27.4 Å². The van der Waals surface area contributed by atoms with Crippen molar-refractivity contribution >= 4 is 8.80 Å². The lowest BCUT2D eigenvalue weighted by Gasteiger charge is -2.24. The predicted molar refractivity (Wildman–Crippen MR) is 146 cm³/mol. The molecule has 5 nitrogen and oxygen atoms in total. The summed E-state index contributed by atoms with van der Waals surface area (Å²) in [4.78, 5) is 0. The fourth-order valence-electron chi connectivity index (χ4n) is 4.37. The standard InChI is InChI=1S/C27H60N2O3Si/c1-5-6-7-8-9-10-11-12-13-14-15-16-17-18-19-20-23-28-24-21-25-29-26-22-27-33(30-2,31-3)32-4/h28-29H,5-27H2,1-4H3. The van der Waals surface area contributed by atoms with E-state index in [-0.39, 0.29) is 0 Å². The minimum atomic E-state index is -2.39. The molecule has 0 heterocycles. The molecule has 33 heavy (non-hydrogen) atoms. The molecular formula is C27H60N2O3Si. The number of hydrogen-bond acceptors (Lipinski definition) is 5. The molecule has 0 radical (unpaired) electrons. The van der Waals surface area contributed by atoms with Crippen LogP contribution < -0.4 is 10.6 Å². The van der Waals surface area contributed by atoms with E-state index in [4.69, 9.17) is 13.3 Å².